The third-order valence-corrected chi connectivity index (χ3v) is 7.64. The van der Waals surface area contributed by atoms with Gasteiger partial charge in [-0.2, -0.15) is 0 Å². The summed E-state index contributed by atoms with van der Waals surface area (Å²) < 4.78 is 40.3. The van der Waals surface area contributed by atoms with Gasteiger partial charge in [0.05, 0.1) is 28.4 Å². The zero-order chi connectivity index (χ0) is 28.1. The number of hydrogen-bond donors (Lipinski definition) is 2. The second kappa shape index (κ2) is 11.5. The van der Waals surface area contributed by atoms with E-state index in [-0.39, 0.29) is 16.1 Å². The van der Waals surface area contributed by atoms with E-state index in [0.29, 0.717) is 36.0 Å². The number of ether oxygens (including phenoxy) is 1. The summed E-state index contributed by atoms with van der Waals surface area (Å²) in [6.07, 6.45) is 0.513. The Morgan fingerprint density at radius 1 is 0.875 bits per heavy atom. The van der Waals surface area contributed by atoms with E-state index in [1.807, 2.05) is 67.6 Å². The molecule has 5 rings (SSSR count). The van der Waals surface area contributed by atoms with Crippen LogP contribution in [0.25, 0.3) is 22.6 Å². The van der Waals surface area contributed by atoms with Crippen molar-refractivity contribution in [1.82, 2.24) is 4.98 Å². The van der Waals surface area contributed by atoms with Crippen LogP contribution in [0.5, 0.6) is 5.75 Å². The molecule has 202 valence electrons. The van der Waals surface area contributed by atoms with Gasteiger partial charge < -0.3 is 14.3 Å². The van der Waals surface area contributed by atoms with Crippen LogP contribution in [0.4, 0.5) is 5.69 Å². The van der Waals surface area contributed by atoms with Crippen molar-refractivity contribution in [2.45, 2.75) is 18.2 Å². The summed E-state index contributed by atoms with van der Waals surface area (Å²) in [7, 11) is -4.07. The standard InChI is InChI=1S/C31H26N2O6S/c1-21-28(32-30(39-21)23-10-6-3-7-11-23)18-19-38-25-13-15-26(16-14-25)40(36,37)33-29-20-24(12-17-27(29)31(34)35)22-8-4-2-5-9-22/h2-17,20,33H,18-19H2,1H3,(H,34,35). The largest absolute Gasteiger partial charge is 0.493 e. The first-order valence-electron chi connectivity index (χ1n) is 12.5. The Morgan fingerprint density at radius 2 is 1.52 bits per heavy atom. The van der Waals surface area contributed by atoms with Crippen LogP contribution in [-0.2, 0) is 16.4 Å². The molecule has 0 spiro atoms. The lowest BCUT2D eigenvalue weighted by molar-refractivity contribution is 0.0698. The van der Waals surface area contributed by atoms with Crippen molar-refractivity contribution in [1.29, 1.82) is 0 Å². The Morgan fingerprint density at radius 3 is 2.17 bits per heavy atom. The normalized spacial score (nSPS) is 11.2. The molecule has 2 N–H and O–H groups in total. The predicted octanol–water partition coefficient (Wildman–Crippen LogP) is 6.44. The third-order valence-electron chi connectivity index (χ3n) is 6.26. The number of oxazole rings is 1. The highest BCUT2D eigenvalue weighted by Crippen LogP contribution is 2.28. The molecule has 0 unspecified atom stereocenters. The maximum atomic E-state index is 13.1. The second-order valence-electron chi connectivity index (χ2n) is 8.99. The molecular formula is C31H26N2O6S. The van der Waals surface area contributed by atoms with Crippen molar-refractivity contribution >= 4 is 21.7 Å². The van der Waals surface area contributed by atoms with Gasteiger partial charge in [0.1, 0.15) is 11.5 Å². The molecule has 1 aromatic heterocycles. The summed E-state index contributed by atoms with van der Waals surface area (Å²) in [5.41, 5.74) is 3.03. The number of sulfonamides is 1. The van der Waals surface area contributed by atoms with Gasteiger partial charge in [0.25, 0.3) is 10.0 Å². The first-order valence-corrected chi connectivity index (χ1v) is 14.0. The highest BCUT2D eigenvalue weighted by Gasteiger charge is 2.20. The number of hydrogen-bond acceptors (Lipinski definition) is 6. The molecule has 0 fully saturated rings. The van der Waals surface area contributed by atoms with E-state index >= 15 is 0 Å². The van der Waals surface area contributed by atoms with E-state index in [9.17, 15) is 18.3 Å². The van der Waals surface area contributed by atoms with Gasteiger partial charge in [0.15, 0.2) is 0 Å². The lowest BCUT2D eigenvalue weighted by Crippen LogP contribution is -2.15. The molecule has 9 heteroatoms. The molecule has 5 aromatic rings. The van der Waals surface area contributed by atoms with E-state index in [2.05, 4.69) is 9.71 Å². The van der Waals surface area contributed by atoms with Gasteiger partial charge in [-0.25, -0.2) is 18.2 Å². The monoisotopic (exact) mass is 554 g/mol. The smallest absolute Gasteiger partial charge is 0.337 e. The van der Waals surface area contributed by atoms with Crippen LogP contribution in [0.3, 0.4) is 0 Å². The molecular weight excluding hydrogens is 528 g/mol. The van der Waals surface area contributed by atoms with E-state index in [1.165, 1.54) is 24.3 Å². The van der Waals surface area contributed by atoms with E-state index < -0.39 is 16.0 Å². The molecule has 0 atom stereocenters. The Balaban J connectivity index is 1.26. The molecule has 0 saturated carbocycles. The van der Waals surface area contributed by atoms with Crippen LogP contribution in [-0.4, -0.2) is 31.1 Å². The fourth-order valence-corrected chi connectivity index (χ4v) is 5.24. The summed E-state index contributed by atoms with van der Waals surface area (Å²) in [5, 5.41) is 9.61. The van der Waals surface area contributed by atoms with Crippen molar-refractivity contribution in [2.75, 3.05) is 11.3 Å². The number of rotatable bonds is 10. The number of benzene rings is 4. The van der Waals surface area contributed by atoms with Gasteiger partial charge in [-0.1, -0.05) is 54.6 Å². The topological polar surface area (TPSA) is 119 Å². The second-order valence-corrected chi connectivity index (χ2v) is 10.7. The highest BCUT2D eigenvalue weighted by atomic mass is 32.2. The van der Waals surface area contributed by atoms with E-state index in [1.54, 1.807) is 18.2 Å². The van der Waals surface area contributed by atoms with Gasteiger partial charge in [-0.15, -0.1) is 0 Å². The van der Waals surface area contributed by atoms with Crippen LogP contribution in [0.15, 0.2) is 112 Å². The molecule has 1 heterocycles. The van der Waals surface area contributed by atoms with Gasteiger partial charge >= 0.3 is 5.97 Å². The van der Waals surface area contributed by atoms with Crippen molar-refractivity contribution in [3.05, 3.63) is 120 Å². The molecule has 0 aliphatic rings. The van der Waals surface area contributed by atoms with Crippen LogP contribution in [0.1, 0.15) is 21.8 Å². The maximum absolute atomic E-state index is 13.1. The van der Waals surface area contributed by atoms with Crippen LogP contribution in [0.2, 0.25) is 0 Å². The van der Waals surface area contributed by atoms with E-state index in [4.69, 9.17) is 9.15 Å². The molecule has 0 aliphatic heterocycles. The number of aromatic carboxylic acids is 1. The fourth-order valence-electron chi connectivity index (χ4n) is 4.17. The number of nitrogens with zero attached hydrogens (tertiary/aromatic N) is 1. The highest BCUT2D eigenvalue weighted by molar-refractivity contribution is 7.92. The molecule has 0 radical (unpaired) electrons. The SMILES string of the molecule is Cc1oc(-c2ccccc2)nc1CCOc1ccc(S(=O)(=O)Nc2cc(-c3ccccc3)ccc2C(=O)O)cc1. The van der Waals surface area contributed by atoms with E-state index in [0.717, 1.165) is 16.8 Å². The molecule has 8 nitrogen and oxygen atoms in total. The Labute approximate surface area is 232 Å². The zero-order valence-corrected chi connectivity index (χ0v) is 22.4. The zero-order valence-electron chi connectivity index (χ0n) is 21.6. The first kappa shape index (κ1) is 26.7. The number of carbonyl (C=O) groups is 1. The Bertz CT molecular complexity index is 1730. The van der Waals surface area contributed by atoms with Gasteiger partial charge in [0, 0.05) is 12.0 Å². The quantitative estimate of drug-likeness (QED) is 0.204. The van der Waals surface area contributed by atoms with Crippen molar-refractivity contribution in [2.24, 2.45) is 0 Å². The average molecular weight is 555 g/mol. The molecule has 4 aromatic carbocycles. The Kier molecular flexibility index (Phi) is 7.65. The Hall–Kier alpha value is -4.89. The molecule has 0 amide bonds. The molecule has 0 bridgehead atoms. The van der Waals surface area contributed by atoms with Crippen LogP contribution < -0.4 is 9.46 Å². The molecule has 40 heavy (non-hydrogen) atoms. The van der Waals surface area contributed by atoms with Crippen molar-refractivity contribution in [3.63, 3.8) is 0 Å². The molecule has 0 saturated heterocycles. The van der Waals surface area contributed by atoms with Crippen LogP contribution in [0, 0.1) is 6.92 Å². The summed E-state index contributed by atoms with van der Waals surface area (Å²) in [6, 6.07) is 29.4. The minimum atomic E-state index is -4.07. The van der Waals surface area contributed by atoms with Gasteiger partial charge in [-0.05, 0) is 66.6 Å². The summed E-state index contributed by atoms with van der Waals surface area (Å²) in [6.45, 7) is 2.17. The van der Waals surface area contributed by atoms with Gasteiger partial charge in [0.2, 0.25) is 5.89 Å². The maximum Gasteiger partial charge on any atom is 0.337 e. The fraction of sp³-hybridized carbons (Fsp3) is 0.0968. The lowest BCUT2D eigenvalue weighted by Gasteiger charge is -2.13. The number of carboxylic acids is 1. The van der Waals surface area contributed by atoms with Crippen molar-refractivity contribution in [3.8, 4) is 28.3 Å². The third kappa shape index (κ3) is 6.05. The minimum Gasteiger partial charge on any atom is -0.493 e. The summed E-state index contributed by atoms with van der Waals surface area (Å²) in [4.78, 5) is 16.3. The summed E-state index contributed by atoms with van der Waals surface area (Å²) >= 11 is 0. The average Bonchev–Trinajstić information content (AvgIpc) is 3.34. The number of carboxylic acid groups (broad SMARTS) is 1. The molecule has 0 aliphatic carbocycles. The van der Waals surface area contributed by atoms with Gasteiger partial charge in [-0.3, -0.25) is 4.72 Å². The van der Waals surface area contributed by atoms with Crippen molar-refractivity contribution < 1.29 is 27.5 Å². The number of nitrogens with one attached hydrogen (secondary N) is 1. The number of anilines is 1. The van der Waals surface area contributed by atoms with Crippen LogP contribution >= 0.6 is 0 Å². The number of aromatic nitrogens is 1. The summed E-state index contributed by atoms with van der Waals surface area (Å²) in [5.74, 6) is 0.516. The lowest BCUT2D eigenvalue weighted by atomic mass is 10.0. The number of aryl methyl sites for hydroxylation is 1. The predicted molar refractivity (Wildman–Crippen MR) is 152 cm³/mol. The minimum absolute atomic E-state index is 0.0213. The first-order chi connectivity index (χ1) is 19.3.